The van der Waals surface area contributed by atoms with Gasteiger partial charge in [0.25, 0.3) is 0 Å². The third-order valence-corrected chi connectivity index (χ3v) is 5.33. The van der Waals surface area contributed by atoms with E-state index in [-0.39, 0.29) is 0 Å². The maximum absolute atomic E-state index is 4.44. The maximum atomic E-state index is 4.44. The highest BCUT2D eigenvalue weighted by atomic mass is 32.1. The Morgan fingerprint density at radius 3 is 2.76 bits per heavy atom. The molecule has 2 saturated carbocycles. The Labute approximate surface area is 108 Å². The zero-order valence-corrected chi connectivity index (χ0v) is 11.4. The first kappa shape index (κ1) is 11.7. The van der Waals surface area contributed by atoms with E-state index in [4.69, 9.17) is 0 Å². The summed E-state index contributed by atoms with van der Waals surface area (Å²) in [6, 6.07) is 0.680. The van der Waals surface area contributed by atoms with Crippen LogP contribution in [-0.4, -0.2) is 17.6 Å². The molecule has 2 fully saturated rings. The molecule has 0 aromatic carbocycles. The number of fused-ring (bicyclic) bond motifs is 1. The SMILES string of the molecule is CCNC(Cc1nccs1)C1C2CCCCC21. The van der Waals surface area contributed by atoms with Crippen LogP contribution in [0.15, 0.2) is 11.6 Å². The molecule has 1 aromatic rings. The Bertz CT molecular complexity index is 337. The molecular formula is C14H22N2S. The van der Waals surface area contributed by atoms with Gasteiger partial charge in [-0.05, 0) is 37.1 Å². The molecule has 1 N–H and O–H groups in total. The fraction of sp³-hybridized carbons (Fsp3) is 0.786. The summed E-state index contributed by atoms with van der Waals surface area (Å²) in [5.74, 6) is 3.02. The van der Waals surface area contributed by atoms with Crippen molar-refractivity contribution in [3.05, 3.63) is 16.6 Å². The van der Waals surface area contributed by atoms with E-state index < -0.39 is 0 Å². The van der Waals surface area contributed by atoms with Gasteiger partial charge in [0.1, 0.15) is 0 Å². The van der Waals surface area contributed by atoms with Crippen LogP contribution < -0.4 is 5.32 Å². The monoisotopic (exact) mass is 250 g/mol. The summed E-state index contributed by atoms with van der Waals surface area (Å²) in [7, 11) is 0. The number of thiazole rings is 1. The first-order valence-electron chi connectivity index (χ1n) is 7.02. The second-order valence-electron chi connectivity index (χ2n) is 5.48. The summed E-state index contributed by atoms with van der Waals surface area (Å²) in [6.45, 7) is 3.31. The lowest BCUT2D eigenvalue weighted by Gasteiger charge is -2.17. The number of nitrogens with one attached hydrogen (secondary N) is 1. The lowest BCUT2D eigenvalue weighted by molar-refractivity contribution is 0.437. The van der Waals surface area contributed by atoms with Crippen molar-refractivity contribution < 1.29 is 0 Å². The van der Waals surface area contributed by atoms with Gasteiger partial charge in [-0.3, -0.25) is 0 Å². The van der Waals surface area contributed by atoms with E-state index >= 15 is 0 Å². The van der Waals surface area contributed by atoms with Crippen LogP contribution >= 0.6 is 11.3 Å². The van der Waals surface area contributed by atoms with Crippen LogP contribution in [0.25, 0.3) is 0 Å². The van der Waals surface area contributed by atoms with E-state index in [9.17, 15) is 0 Å². The Kier molecular flexibility index (Phi) is 3.48. The van der Waals surface area contributed by atoms with Gasteiger partial charge in [-0.25, -0.2) is 4.98 Å². The van der Waals surface area contributed by atoms with Gasteiger partial charge in [0.2, 0.25) is 0 Å². The molecule has 2 aliphatic carbocycles. The van der Waals surface area contributed by atoms with Gasteiger partial charge in [-0.1, -0.05) is 19.8 Å². The molecule has 0 saturated heterocycles. The highest BCUT2D eigenvalue weighted by molar-refractivity contribution is 7.09. The molecule has 1 aromatic heterocycles. The topological polar surface area (TPSA) is 24.9 Å². The van der Waals surface area contributed by atoms with Crippen LogP contribution in [0, 0.1) is 17.8 Å². The summed E-state index contributed by atoms with van der Waals surface area (Å²) in [6.07, 6.45) is 8.97. The van der Waals surface area contributed by atoms with Gasteiger partial charge in [0, 0.05) is 24.0 Å². The minimum Gasteiger partial charge on any atom is -0.314 e. The van der Waals surface area contributed by atoms with E-state index in [1.54, 1.807) is 11.3 Å². The lowest BCUT2D eigenvalue weighted by Crippen LogP contribution is -2.34. The van der Waals surface area contributed by atoms with E-state index in [2.05, 4.69) is 22.6 Å². The minimum atomic E-state index is 0.680. The summed E-state index contributed by atoms with van der Waals surface area (Å²) >= 11 is 1.80. The van der Waals surface area contributed by atoms with Crippen molar-refractivity contribution in [1.29, 1.82) is 0 Å². The number of hydrogen-bond donors (Lipinski definition) is 1. The molecule has 0 aliphatic heterocycles. The highest BCUT2D eigenvalue weighted by Gasteiger charge is 2.53. The molecule has 2 nitrogen and oxygen atoms in total. The molecule has 0 spiro atoms. The second kappa shape index (κ2) is 5.07. The van der Waals surface area contributed by atoms with Crippen LogP contribution in [0.4, 0.5) is 0 Å². The number of nitrogens with zero attached hydrogens (tertiary/aromatic N) is 1. The third kappa shape index (κ3) is 2.41. The second-order valence-corrected chi connectivity index (χ2v) is 6.46. The molecule has 17 heavy (non-hydrogen) atoms. The molecule has 3 rings (SSSR count). The summed E-state index contributed by atoms with van der Waals surface area (Å²) in [4.78, 5) is 4.44. The Morgan fingerprint density at radius 2 is 2.18 bits per heavy atom. The van der Waals surface area contributed by atoms with E-state index in [0.29, 0.717) is 6.04 Å². The van der Waals surface area contributed by atoms with Gasteiger partial charge in [0.15, 0.2) is 0 Å². The van der Waals surface area contributed by atoms with E-state index in [1.807, 2.05) is 6.20 Å². The summed E-state index contributed by atoms with van der Waals surface area (Å²) < 4.78 is 0. The van der Waals surface area contributed by atoms with Gasteiger partial charge >= 0.3 is 0 Å². The van der Waals surface area contributed by atoms with Crippen LogP contribution in [0.2, 0.25) is 0 Å². The predicted molar refractivity (Wildman–Crippen MR) is 72.2 cm³/mol. The van der Waals surface area contributed by atoms with E-state index in [1.165, 1.54) is 30.7 Å². The van der Waals surface area contributed by atoms with Gasteiger partial charge in [0.05, 0.1) is 5.01 Å². The third-order valence-electron chi connectivity index (χ3n) is 4.53. The molecule has 0 amide bonds. The maximum Gasteiger partial charge on any atom is 0.0940 e. The van der Waals surface area contributed by atoms with Crippen LogP contribution in [-0.2, 0) is 6.42 Å². The Balaban J connectivity index is 1.64. The van der Waals surface area contributed by atoms with Crippen LogP contribution in [0.1, 0.15) is 37.6 Å². The Morgan fingerprint density at radius 1 is 1.41 bits per heavy atom. The normalized spacial score (nSPS) is 33.1. The largest absolute Gasteiger partial charge is 0.314 e. The highest BCUT2D eigenvalue weighted by Crippen LogP contribution is 2.57. The fourth-order valence-corrected chi connectivity index (χ4v) is 4.47. The van der Waals surface area contributed by atoms with Crippen molar-refractivity contribution in [2.45, 2.75) is 45.1 Å². The zero-order chi connectivity index (χ0) is 11.7. The van der Waals surface area contributed by atoms with Crippen molar-refractivity contribution in [2.75, 3.05) is 6.54 Å². The fourth-order valence-electron chi connectivity index (χ4n) is 3.79. The van der Waals surface area contributed by atoms with Crippen molar-refractivity contribution >= 4 is 11.3 Å². The predicted octanol–water partition coefficient (Wildman–Crippen LogP) is 3.10. The molecule has 2 aliphatic rings. The first-order chi connectivity index (χ1) is 8.40. The smallest absolute Gasteiger partial charge is 0.0940 e. The average Bonchev–Trinajstić information content (AvgIpc) is 2.85. The lowest BCUT2D eigenvalue weighted by atomic mass is 10.0. The summed E-state index contributed by atoms with van der Waals surface area (Å²) in [5, 5.41) is 7.11. The van der Waals surface area contributed by atoms with Gasteiger partial charge in [-0.15, -0.1) is 11.3 Å². The van der Waals surface area contributed by atoms with Gasteiger partial charge in [-0.2, -0.15) is 0 Å². The zero-order valence-electron chi connectivity index (χ0n) is 10.6. The Hall–Kier alpha value is -0.410. The molecule has 0 bridgehead atoms. The molecule has 3 heteroatoms. The van der Waals surface area contributed by atoms with Crippen molar-refractivity contribution in [1.82, 2.24) is 10.3 Å². The molecule has 3 unspecified atom stereocenters. The molecule has 94 valence electrons. The van der Waals surface area contributed by atoms with Gasteiger partial charge < -0.3 is 5.32 Å². The number of rotatable bonds is 5. The molecule has 1 heterocycles. The first-order valence-corrected chi connectivity index (χ1v) is 7.90. The molecule has 3 atom stereocenters. The van der Waals surface area contributed by atoms with Crippen molar-refractivity contribution in [3.8, 4) is 0 Å². The average molecular weight is 250 g/mol. The van der Waals surface area contributed by atoms with Crippen molar-refractivity contribution in [3.63, 3.8) is 0 Å². The van der Waals surface area contributed by atoms with Crippen LogP contribution in [0.3, 0.4) is 0 Å². The summed E-state index contributed by atoms with van der Waals surface area (Å²) in [5.41, 5.74) is 0. The van der Waals surface area contributed by atoms with Crippen molar-refractivity contribution in [2.24, 2.45) is 17.8 Å². The van der Waals surface area contributed by atoms with Crippen LogP contribution in [0.5, 0.6) is 0 Å². The molecule has 0 radical (unpaired) electrons. The number of hydrogen-bond acceptors (Lipinski definition) is 3. The van der Waals surface area contributed by atoms with E-state index in [0.717, 1.165) is 30.7 Å². The standard InChI is InChI=1S/C14H22N2S/c1-2-15-12(9-13-16-7-8-17-13)14-10-5-3-4-6-11(10)14/h7-8,10-12,14-15H,2-6,9H2,1H3. The quantitative estimate of drug-likeness (QED) is 0.868. The number of likely N-dealkylation sites (N-methyl/N-ethyl adjacent to an activating group) is 1. The number of aromatic nitrogens is 1. The molecular weight excluding hydrogens is 228 g/mol. The minimum absolute atomic E-state index is 0.680.